The Morgan fingerprint density at radius 1 is 0.750 bits per heavy atom. The first-order valence-corrected chi connectivity index (χ1v) is 10.6. The summed E-state index contributed by atoms with van der Waals surface area (Å²) in [7, 11) is 0. The van der Waals surface area contributed by atoms with Gasteiger partial charge in [-0.25, -0.2) is 0 Å². The summed E-state index contributed by atoms with van der Waals surface area (Å²) >= 11 is -3.83. The minimum atomic E-state index is -6.71. The average Bonchev–Trinajstić information content (AvgIpc) is 2.01. The van der Waals surface area contributed by atoms with E-state index in [1.165, 1.54) is 0 Å². The van der Waals surface area contributed by atoms with Gasteiger partial charge in [-0.3, -0.25) is 0 Å². The minimum absolute atomic E-state index is 0.434. The number of hydrogen-bond acceptors (Lipinski definition) is 0. The molecule has 0 aromatic heterocycles. The molecule has 0 aliphatic rings. The van der Waals surface area contributed by atoms with Crippen molar-refractivity contribution in [1.82, 2.24) is 0 Å². The van der Waals surface area contributed by atoms with Gasteiger partial charge in [0.2, 0.25) is 0 Å². The normalized spacial score (nSPS) is 14.9. The van der Waals surface area contributed by atoms with Crippen molar-refractivity contribution >= 4 is 0 Å². The van der Waals surface area contributed by atoms with Crippen LogP contribution in [-0.2, 0) is 24.6 Å². The molecule has 16 heavy (non-hydrogen) atoms. The summed E-state index contributed by atoms with van der Waals surface area (Å²) in [6.45, 7) is 1.05. The number of halogens is 9. The van der Waals surface area contributed by atoms with E-state index >= 15 is 0 Å². The summed E-state index contributed by atoms with van der Waals surface area (Å²) in [5.41, 5.74) is 0. The van der Waals surface area contributed by atoms with Crippen LogP contribution < -0.4 is 0 Å². The van der Waals surface area contributed by atoms with E-state index in [0.717, 1.165) is 6.92 Å². The second-order valence-corrected chi connectivity index (χ2v) is 12.4. The van der Waals surface area contributed by atoms with Crippen molar-refractivity contribution in [2.75, 3.05) is 0 Å². The SMILES string of the molecule is C[CH2][Hg][C](F)(F)C(F)(F)C(F)(F)C(F)(F)F. The van der Waals surface area contributed by atoms with Crippen LogP contribution in [0.4, 0.5) is 39.5 Å². The average molecular weight is 449 g/mol. The Hall–Kier alpha value is 0.305. The van der Waals surface area contributed by atoms with Gasteiger partial charge >= 0.3 is 96.4 Å². The molecule has 0 rings (SSSR count). The molecule has 0 amide bonds. The molecule has 0 aromatic carbocycles. The predicted octanol–water partition coefficient (Wildman–Crippen LogP) is 3.93. The van der Waals surface area contributed by atoms with E-state index in [0.29, 0.717) is 0 Å². The molecule has 0 aromatic rings. The standard InChI is InChI=1S/C4F9.C2H5.Hg/c5-1(6)2(7,8)3(9,10)4(11,12)13;1-2;/h;1H2,2H3;. The molecule has 0 saturated carbocycles. The number of alkyl halides is 9. The second kappa shape index (κ2) is 4.53. The Bertz CT molecular complexity index is 243. The van der Waals surface area contributed by atoms with Crippen molar-refractivity contribution < 1.29 is 64.1 Å². The first-order chi connectivity index (χ1) is 6.81. The van der Waals surface area contributed by atoms with Crippen molar-refractivity contribution in [2.45, 2.75) is 32.3 Å². The second-order valence-electron chi connectivity index (χ2n) is 3.10. The van der Waals surface area contributed by atoms with Crippen LogP contribution in [0, 0.1) is 0 Å². The van der Waals surface area contributed by atoms with Gasteiger partial charge in [-0.15, -0.1) is 0 Å². The van der Waals surface area contributed by atoms with Gasteiger partial charge < -0.3 is 0 Å². The maximum atomic E-state index is 12.6. The fourth-order valence-corrected chi connectivity index (χ4v) is 5.40. The van der Waals surface area contributed by atoms with E-state index in [-0.39, 0.29) is 0 Å². The molecule has 94 valence electrons. The topological polar surface area (TPSA) is 0 Å². The molecule has 0 aliphatic heterocycles. The molecule has 0 N–H and O–H groups in total. The predicted molar refractivity (Wildman–Crippen MR) is 31.4 cm³/mol. The van der Waals surface area contributed by atoms with Crippen LogP contribution in [0.15, 0.2) is 0 Å². The molecule has 0 unspecified atom stereocenters. The van der Waals surface area contributed by atoms with E-state index in [2.05, 4.69) is 0 Å². The molecule has 10 heteroatoms. The van der Waals surface area contributed by atoms with E-state index in [9.17, 15) is 39.5 Å². The summed E-state index contributed by atoms with van der Waals surface area (Å²) in [5.74, 6) is -13.1. The summed E-state index contributed by atoms with van der Waals surface area (Å²) in [5, 5.41) is 0. The van der Waals surface area contributed by atoms with Gasteiger partial charge in [-0.05, 0) is 0 Å². The van der Waals surface area contributed by atoms with E-state index in [4.69, 9.17) is 0 Å². The molecule has 0 radical (unpaired) electrons. The van der Waals surface area contributed by atoms with Crippen LogP contribution in [-0.4, -0.2) is 21.5 Å². The molecule has 0 fully saturated rings. The third-order valence-electron chi connectivity index (χ3n) is 1.77. The van der Waals surface area contributed by atoms with Crippen LogP contribution in [0.1, 0.15) is 6.92 Å². The van der Waals surface area contributed by atoms with Crippen LogP contribution in [0.2, 0.25) is 3.93 Å². The summed E-state index contributed by atoms with van der Waals surface area (Å²) in [6.07, 6.45) is -6.69. The summed E-state index contributed by atoms with van der Waals surface area (Å²) in [6, 6.07) is 0. The van der Waals surface area contributed by atoms with Crippen molar-refractivity contribution in [3.05, 3.63) is 0 Å². The fraction of sp³-hybridized carbons (Fsp3) is 1.00. The molecular formula is C6H5F9Hg. The van der Waals surface area contributed by atoms with Crippen LogP contribution in [0.5, 0.6) is 0 Å². The third-order valence-corrected chi connectivity index (χ3v) is 7.88. The van der Waals surface area contributed by atoms with E-state index in [1.807, 2.05) is 0 Å². The van der Waals surface area contributed by atoms with Crippen LogP contribution >= 0.6 is 0 Å². The molecule has 0 nitrogen and oxygen atoms in total. The summed E-state index contributed by atoms with van der Waals surface area (Å²) in [4.78, 5) is 0. The van der Waals surface area contributed by atoms with Gasteiger partial charge in [0.1, 0.15) is 0 Å². The molecule has 0 saturated heterocycles. The Morgan fingerprint density at radius 2 is 1.12 bits per heavy atom. The van der Waals surface area contributed by atoms with Gasteiger partial charge in [0.15, 0.2) is 0 Å². The third kappa shape index (κ3) is 2.58. The van der Waals surface area contributed by atoms with Gasteiger partial charge in [0.25, 0.3) is 0 Å². The molecular weight excluding hydrogens is 444 g/mol. The molecule has 0 aliphatic carbocycles. The summed E-state index contributed by atoms with van der Waals surface area (Å²) < 4.78 is 104. The maximum absolute atomic E-state index is 12.6. The van der Waals surface area contributed by atoms with Crippen LogP contribution in [0.25, 0.3) is 0 Å². The number of rotatable bonds is 4. The van der Waals surface area contributed by atoms with Crippen molar-refractivity contribution in [1.29, 1.82) is 0 Å². The van der Waals surface area contributed by atoms with Crippen molar-refractivity contribution in [3.63, 3.8) is 0 Å². The molecule has 0 bridgehead atoms. The van der Waals surface area contributed by atoms with E-state index < -0.39 is 50.0 Å². The van der Waals surface area contributed by atoms with E-state index in [1.54, 1.807) is 0 Å². The van der Waals surface area contributed by atoms with Crippen LogP contribution in [0.3, 0.4) is 0 Å². The quantitative estimate of drug-likeness (QED) is 0.452. The van der Waals surface area contributed by atoms with Gasteiger partial charge in [0, 0.05) is 0 Å². The molecule has 0 atom stereocenters. The van der Waals surface area contributed by atoms with Crippen molar-refractivity contribution in [2.24, 2.45) is 0 Å². The zero-order valence-electron chi connectivity index (χ0n) is 7.82. The van der Waals surface area contributed by atoms with Gasteiger partial charge in [-0.1, -0.05) is 0 Å². The Morgan fingerprint density at radius 3 is 1.38 bits per heavy atom. The number of hydrogen-bond donors (Lipinski definition) is 0. The van der Waals surface area contributed by atoms with Crippen molar-refractivity contribution in [3.8, 4) is 0 Å². The fourth-order valence-electron chi connectivity index (χ4n) is 0.879. The zero-order valence-corrected chi connectivity index (χ0v) is 13.3. The Balaban J connectivity index is 5.34. The van der Waals surface area contributed by atoms with Gasteiger partial charge in [-0.2, -0.15) is 0 Å². The first-order valence-electron chi connectivity index (χ1n) is 4.01. The first kappa shape index (κ1) is 16.3. The van der Waals surface area contributed by atoms with Gasteiger partial charge in [0.05, 0.1) is 0 Å². The Kier molecular flexibility index (Phi) is 4.61. The zero-order chi connectivity index (χ0) is 13.4. The molecule has 0 spiro atoms. The Labute approximate surface area is 96.6 Å². The monoisotopic (exact) mass is 450 g/mol. The molecule has 0 heterocycles.